The number of aryl methyl sites for hydroxylation is 1. The van der Waals surface area contributed by atoms with Gasteiger partial charge in [0.15, 0.2) is 0 Å². The van der Waals surface area contributed by atoms with Crippen LogP contribution in [0.3, 0.4) is 0 Å². The smallest absolute Gasteiger partial charge is 0.337 e. The van der Waals surface area contributed by atoms with Gasteiger partial charge in [0, 0.05) is 17.0 Å². The van der Waals surface area contributed by atoms with Crippen LogP contribution in [0.15, 0.2) is 18.2 Å². The van der Waals surface area contributed by atoms with Crippen molar-refractivity contribution in [1.82, 2.24) is 0 Å². The van der Waals surface area contributed by atoms with E-state index in [2.05, 4.69) is 11.6 Å². The summed E-state index contributed by atoms with van der Waals surface area (Å²) in [4.78, 5) is 11.2. The van der Waals surface area contributed by atoms with Gasteiger partial charge < -0.3 is 10.4 Å². The molecule has 0 radical (unpaired) electrons. The van der Waals surface area contributed by atoms with E-state index in [1.165, 1.54) is 19.3 Å². The molecule has 0 unspecified atom stereocenters. The van der Waals surface area contributed by atoms with E-state index in [0.29, 0.717) is 10.3 Å². The molecule has 0 heterocycles. The average molecular weight is 265 g/mol. The number of anilines is 1. The van der Waals surface area contributed by atoms with E-state index in [-0.39, 0.29) is 0 Å². The first-order valence-electron chi connectivity index (χ1n) is 6.19. The van der Waals surface area contributed by atoms with E-state index in [1.54, 1.807) is 6.07 Å². The standard InChI is InChI=1S/C14H19NO2S/c1-10-4-5-12(11(8-10)13(16)17)15-9-14(18-2)6-3-7-14/h4-5,8,15H,3,6-7,9H2,1-2H3,(H,16,17). The number of thioether (sulfide) groups is 1. The molecule has 0 saturated heterocycles. The zero-order valence-corrected chi connectivity index (χ0v) is 11.6. The molecule has 1 aliphatic carbocycles. The van der Waals surface area contributed by atoms with Gasteiger partial charge in [0.05, 0.1) is 5.56 Å². The minimum absolute atomic E-state index is 0.306. The Bertz CT molecular complexity index is 450. The lowest BCUT2D eigenvalue weighted by Gasteiger charge is -2.40. The summed E-state index contributed by atoms with van der Waals surface area (Å²) in [6, 6.07) is 5.53. The van der Waals surface area contributed by atoms with Gasteiger partial charge in [-0.2, -0.15) is 11.8 Å². The molecule has 0 atom stereocenters. The monoisotopic (exact) mass is 265 g/mol. The Morgan fingerprint density at radius 2 is 2.22 bits per heavy atom. The van der Waals surface area contributed by atoms with E-state index in [9.17, 15) is 9.90 Å². The average Bonchev–Trinajstić information content (AvgIpc) is 2.29. The Kier molecular flexibility index (Phi) is 3.85. The first-order valence-corrected chi connectivity index (χ1v) is 7.42. The fourth-order valence-corrected chi connectivity index (χ4v) is 3.18. The summed E-state index contributed by atoms with van der Waals surface area (Å²) in [5.74, 6) is -0.868. The normalized spacial score (nSPS) is 17.0. The molecule has 0 amide bonds. The number of hydrogen-bond acceptors (Lipinski definition) is 3. The van der Waals surface area contributed by atoms with Crippen LogP contribution in [0.2, 0.25) is 0 Å². The fourth-order valence-electron chi connectivity index (χ4n) is 2.27. The molecule has 0 aliphatic heterocycles. The lowest BCUT2D eigenvalue weighted by molar-refractivity contribution is 0.0698. The Balaban J connectivity index is 2.11. The van der Waals surface area contributed by atoms with Gasteiger partial charge >= 0.3 is 5.97 Å². The highest BCUT2D eigenvalue weighted by Gasteiger charge is 2.35. The third-order valence-corrected chi connectivity index (χ3v) is 5.12. The van der Waals surface area contributed by atoms with Gasteiger partial charge in [-0.15, -0.1) is 0 Å². The Labute approximate surface area is 112 Å². The maximum Gasteiger partial charge on any atom is 0.337 e. The van der Waals surface area contributed by atoms with Gasteiger partial charge in [-0.25, -0.2) is 4.79 Å². The molecule has 1 aliphatic rings. The maximum atomic E-state index is 11.2. The fraction of sp³-hybridized carbons (Fsp3) is 0.500. The van der Waals surface area contributed by atoms with E-state index in [1.807, 2.05) is 30.8 Å². The molecule has 1 aromatic carbocycles. The largest absolute Gasteiger partial charge is 0.478 e. The SMILES string of the molecule is CSC1(CNc2ccc(C)cc2C(=O)O)CCC1. The quantitative estimate of drug-likeness (QED) is 0.856. The van der Waals surface area contributed by atoms with Crippen LogP contribution in [0, 0.1) is 6.92 Å². The number of hydrogen-bond donors (Lipinski definition) is 2. The predicted molar refractivity (Wildman–Crippen MR) is 76.7 cm³/mol. The first kappa shape index (κ1) is 13.3. The lowest BCUT2D eigenvalue weighted by Crippen LogP contribution is -2.40. The van der Waals surface area contributed by atoms with Crippen LogP contribution in [-0.4, -0.2) is 28.6 Å². The molecule has 1 fully saturated rings. The molecule has 3 nitrogen and oxygen atoms in total. The summed E-state index contributed by atoms with van der Waals surface area (Å²) < 4.78 is 0.306. The summed E-state index contributed by atoms with van der Waals surface area (Å²) in [6.45, 7) is 2.75. The van der Waals surface area contributed by atoms with Gasteiger partial charge in [0.1, 0.15) is 0 Å². The Hall–Kier alpha value is -1.16. The molecule has 2 rings (SSSR count). The summed E-state index contributed by atoms with van der Waals surface area (Å²) in [7, 11) is 0. The number of aromatic carboxylic acids is 1. The molecule has 18 heavy (non-hydrogen) atoms. The van der Waals surface area contributed by atoms with E-state index < -0.39 is 5.97 Å². The summed E-state index contributed by atoms with van der Waals surface area (Å²) >= 11 is 1.89. The third-order valence-electron chi connectivity index (χ3n) is 3.70. The summed E-state index contributed by atoms with van der Waals surface area (Å²) in [5, 5.41) is 12.5. The highest BCUT2D eigenvalue weighted by Crippen LogP contribution is 2.42. The van der Waals surface area contributed by atoms with Crippen LogP contribution in [-0.2, 0) is 0 Å². The van der Waals surface area contributed by atoms with Gasteiger partial charge in [0.25, 0.3) is 0 Å². The zero-order valence-electron chi connectivity index (χ0n) is 10.8. The molecule has 0 bridgehead atoms. The van der Waals surface area contributed by atoms with Crippen molar-refractivity contribution < 1.29 is 9.90 Å². The van der Waals surface area contributed by atoms with Crippen molar-refractivity contribution in [3.05, 3.63) is 29.3 Å². The molecule has 2 N–H and O–H groups in total. The lowest BCUT2D eigenvalue weighted by atomic mass is 9.84. The molecular weight excluding hydrogens is 246 g/mol. The van der Waals surface area contributed by atoms with Crippen LogP contribution in [0.5, 0.6) is 0 Å². The van der Waals surface area contributed by atoms with Crippen LogP contribution < -0.4 is 5.32 Å². The number of benzene rings is 1. The van der Waals surface area contributed by atoms with Crippen LogP contribution in [0.1, 0.15) is 35.2 Å². The van der Waals surface area contributed by atoms with Crippen molar-refractivity contribution in [3.63, 3.8) is 0 Å². The molecule has 1 aromatic rings. The predicted octanol–water partition coefficient (Wildman–Crippen LogP) is 3.39. The maximum absolute atomic E-state index is 11.2. The second-order valence-electron chi connectivity index (χ2n) is 4.95. The van der Waals surface area contributed by atoms with Crippen molar-refractivity contribution in [3.8, 4) is 0 Å². The van der Waals surface area contributed by atoms with Crippen molar-refractivity contribution >= 4 is 23.4 Å². The number of nitrogens with one attached hydrogen (secondary N) is 1. The summed E-state index contributed by atoms with van der Waals surface area (Å²) in [5.41, 5.74) is 2.07. The Morgan fingerprint density at radius 3 is 2.72 bits per heavy atom. The van der Waals surface area contributed by atoms with Gasteiger partial charge in [-0.05, 0) is 38.2 Å². The highest BCUT2D eigenvalue weighted by molar-refractivity contribution is 8.00. The third kappa shape index (κ3) is 2.64. The van der Waals surface area contributed by atoms with Crippen molar-refractivity contribution in [2.75, 3.05) is 18.1 Å². The first-order chi connectivity index (χ1) is 8.56. The molecule has 4 heteroatoms. The molecule has 98 valence electrons. The van der Waals surface area contributed by atoms with Crippen molar-refractivity contribution in [1.29, 1.82) is 0 Å². The van der Waals surface area contributed by atoms with Gasteiger partial charge in [0.2, 0.25) is 0 Å². The topological polar surface area (TPSA) is 49.3 Å². The van der Waals surface area contributed by atoms with Crippen LogP contribution in [0.4, 0.5) is 5.69 Å². The number of carboxylic acid groups (broad SMARTS) is 1. The zero-order chi connectivity index (χ0) is 13.2. The summed E-state index contributed by atoms with van der Waals surface area (Å²) in [6.07, 6.45) is 5.85. The second kappa shape index (κ2) is 5.22. The van der Waals surface area contributed by atoms with Crippen molar-refractivity contribution in [2.45, 2.75) is 30.9 Å². The number of carbonyl (C=O) groups is 1. The van der Waals surface area contributed by atoms with Crippen LogP contribution in [0.25, 0.3) is 0 Å². The molecule has 0 spiro atoms. The number of carboxylic acids is 1. The molecule has 0 aromatic heterocycles. The van der Waals surface area contributed by atoms with Gasteiger partial charge in [-0.3, -0.25) is 0 Å². The van der Waals surface area contributed by atoms with E-state index >= 15 is 0 Å². The second-order valence-corrected chi connectivity index (χ2v) is 6.22. The minimum Gasteiger partial charge on any atom is -0.478 e. The minimum atomic E-state index is -0.868. The van der Waals surface area contributed by atoms with E-state index in [0.717, 1.165) is 17.8 Å². The highest BCUT2D eigenvalue weighted by atomic mass is 32.2. The Morgan fingerprint density at radius 1 is 1.50 bits per heavy atom. The van der Waals surface area contributed by atoms with Gasteiger partial charge in [-0.1, -0.05) is 18.1 Å². The van der Waals surface area contributed by atoms with Crippen molar-refractivity contribution in [2.24, 2.45) is 0 Å². The van der Waals surface area contributed by atoms with Crippen LogP contribution >= 0.6 is 11.8 Å². The molecule has 1 saturated carbocycles. The van der Waals surface area contributed by atoms with E-state index in [4.69, 9.17) is 0 Å². The molecular formula is C14H19NO2S. The number of rotatable bonds is 5.